The van der Waals surface area contributed by atoms with Crippen LogP contribution in [0, 0.1) is 0 Å². The molecule has 0 radical (unpaired) electrons. The van der Waals surface area contributed by atoms with Crippen LogP contribution in [0.5, 0.6) is 0 Å². The van der Waals surface area contributed by atoms with Crippen LogP contribution in [-0.2, 0) is 4.79 Å². The number of rotatable bonds is 9. The van der Waals surface area contributed by atoms with Gasteiger partial charge >= 0.3 is 0 Å². The van der Waals surface area contributed by atoms with Gasteiger partial charge < -0.3 is 15.5 Å². The van der Waals surface area contributed by atoms with Crippen molar-refractivity contribution in [3.63, 3.8) is 0 Å². The summed E-state index contributed by atoms with van der Waals surface area (Å²) in [6, 6.07) is 7.12. The van der Waals surface area contributed by atoms with Crippen LogP contribution in [0.25, 0.3) is 0 Å². The predicted molar refractivity (Wildman–Crippen MR) is 91.0 cm³/mol. The molecule has 0 fully saturated rings. The summed E-state index contributed by atoms with van der Waals surface area (Å²) in [7, 11) is 0. The predicted octanol–water partition coefficient (Wildman–Crippen LogP) is 0.610. The number of benzene rings is 1. The molecule has 2 amide bonds. The third kappa shape index (κ3) is 7.04. The van der Waals surface area contributed by atoms with Crippen LogP contribution in [-0.4, -0.2) is 44.5 Å². The molecule has 0 saturated carbocycles. The molecule has 6 heteroatoms. The van der Waals surface area contributed by atoms with E-state index in [0.717, 1.165) is 24.1 Å². The number of halogens is 1. The van der Waals surface area contributed by atoms with Gasteiger partial charge in [-0.3, -0.25) is 9.59 Å². The molecule has 22 heavy (non-hydrogen) atoms. The first-order chi connectivity index (χ1) is 10.6. The van der Waals surface area contributed by atoms with E-state index in [-0.39, 0.29) is 11.8 Å². The second-order valence-electron chi connectivity index (χ2n) is 5.07. The second-order valence-corrected chi connectivity index (χ2v) is 5.99. The van der Waals surface area contributed by atoms with E-state index in [1.165, 1.54) is 4.90 Å². The van der Waals surface area contributed by atoms with E-state index in [1.54, 1.807) is 12.1 Å². The van der Waals surface area contributed by atoms with Gasteiger partial charge in [-0.1, -0.05) is 15.9 Å². The fourth-order valence-corrected chi connectivity index (χ4v) is 2.33. The summed E-state index contributed by atoms with van der Waals surface area (Å²) in [4.78, 5) is 25.0. The van der Waals surface area contributed by atoms with Gasteiger partial charge in [0.05, 0.1) is 26.2 Å². The molecule has 5 nitrogen and oxygen atoms in total. The Bertz CT molecular complexity index is 473. The van der Waals surface area contributed by atoms with Gasteiger partial charge in [-0.25, -0.2) is 0 Å². The Kier molecular flexibility index (Phi) is 8.77. The van der Waals surface area contributed by atoms with Crippen molar-refractivity contribution in [2.24, 2.45) is 0 Å². The fraction of sp³-hybridized carbons (Fsp3) is 0.500. The molecule has 1 aromatic rings. The summed E-state index contributed by atoms with van der Waals surface area (Å²) in [6.07, 6.45) is 0.301. The molecule has 0 aromatic heterocycles. The molecule has 1 rings (SSSR count). The van der Waals surface area contributed by atoms with E-state index in [9.17, 15) is 9.59 Å². The highest BCUT2D eigenvalue weighted by atomic mass is 79.9. The van der Waals surface area contributed by atoms with Gasteiger partial charge in [-0.2, -0.15) is 0 Å². The minimum absolute atomic E-state index is 0.0253. The summed E-state index contributed by atoms with van der Waals surface area (Å²) in [5.74, 6) is -0.185. The molecule has 0 atom stereocenters. The maximum atomic E-state index is 11.9. The van der Waals surface area contributed by atoms with Crippen molar-refractivity contribution in [3.8, 4) is 0 Å². The van der Waals surface area contributed by atoms with E-state index in [1.807, 2.05) is 12.1 Å². The largest absolute Gasteiger partial charge is 0.352 e. The molecule has 0 unspecified atom stereocenters. The van der Waals surface area contributed by atoms with E-state index >= 15 is 0 Å². The van der Waals surface area contributed by atoms with Crippen molar-refractivity contribution >= 4 is 27.7 Å². The Labute approximate surface area is 140 Å². The van der Waals surface area contributed by atoms with Gasteiger partial charge in [0.25, 0.3) is 5.91 Å². The molecule has 1 aromatic carbocycles. The Morgan fingerprint density at radius 2 is 1.68 bits per heavy atom. The number of hydrogen-bond donors (Lipinski definition) is 3. The van der Waals surface area contributed by atoms with Crippen LogP contribution in [0.2, 0.25) is 0 Å². The van der Waals surface area contributed by atoms with Crippen LogP contribution in [0.15, 0.2) is 28.7 Å². The molecule has 3 N–H and O–H groups in total. The summed E-state index contributed by atoms with van der Waals surface area (Å²) in [5, 5.41) is 5.64. The highest BCUT2D eigenvalue weighted by Crippen LogP contribution is 2.10. The summed E-state index contributed by atoms with van der Waals surface area (Å²) in [5.41, 5.74) is 0.591. The number of hydrogen-bond acceptors (Lipinski definition) is 2. The highest BCUT2D eigenvalue weighted by molar-refractivity contribution is 9.10. The van der Waals surface area contributed by atoms with Crippen LogP contribution >= 0.6 is 15.9 Å². The molecular weight excluding hydrogens is 346 g/mol. The van der Waals surface area contributed by atoms with E-state index < -0.39 is 0 Å². The first-order valence-corrected chi connectivity index (χ1v) is 8.50. The lowest BCUT2D eigenvalue weighted by atomic mass is 10.2. The highest BCUT2D eigenvalue weighted by Gasteiger charge is 2.07. The van der Waals surface area contributed by atoms with Gasteiger partial charge in [0.2, 0.25) is 5.91 Å². The number of carbonyl (C=O) groups excluding carboxylic acids is 2. The van der Waals surface area contributed by atoms with E-state index in [2.05, 4.69) is 40.4 Å². The first-order valence-electron chi connectivity index (χ1n) is 7.70. The lowest BCUT2D eigenvalue weighted by Gasteiger charge is -2.15. The lowest BCUT2D eigenvalue weighted by Crippen LogP contribution is -3.12. The van der Waals surface area contributed by atoms with Crippen molar-refractivity contribution in [2.45, 2.75) is 20.3 Å². The van der Waals surface area contributed by atoms with Crippen molar-refractivity contribution in [1.29, 1.82) is 0 Å². The molecule has 0 saturated heterocycles. The fourth-order valence-electron chi connectivity index (χ4n) is 2.06. The van der Waals surface area contributed by atoms with Gasteiger partial charge in [0.15, 0.2) is 0 Å². The van der Waals surface area contributed by atoms with Crippen LogP contribution < -0.4 is 15.5 Å². The van der Waals surface area contributed by atoms with Gasteiger partial charge in [0.1, 0.15) is 0 Å². The average molecular weight is 371 g/mol. The minimum atomic E-state index is -0.159. The first kappa shape index (κ1) is 18.6. The average Bonchev–Trinajstić information content (AvgIpc) is 2.52. The number of amides is 2. The standard InChI is InChI=1S/C16H24BrN3O2/c1-3-20(4-2)12-11-18-15(21)9-10-19-16(22)13-5-7-14(17)8-6-13/h5-8H,3-4,9-12H2,1-2H3,(H,18,21)(H,19,22)/p+1. The molecule has 0 aliphatic heterocycles. The maximum absolute atomic E-state index is 11.9. The maximum Gasteiger partial charge on any atom is 0.251 e. The molecule has 0 bridgehead atoms. The summed E-state index contributed by atoms with van der Waals surface area (Å²) < 4.78 is 0.929. The quantitative estimate of drug-likeness (QED) is 0.596. The topological polar surface area (TPSA) is 62.6 Å². The molecule has 0 spiro atoms. The molecular formula is C16H25BrN3O2+. The Balaban J connectivity index is 2.19. The smallest absolute Gasteiger partial charge is 0.251 e. The Morgan fingerprint density at radius 3 is 2.27 bits per heavy atom. The van der Waals surface area contributed by atoms with Gasteiger partial charge in [-0.05, 0) is 38.1 Å². The molecule has 0 heterocycles. The van der Waals surface area contributed by atoms with Crippen LogP contribution in [0.3, 0.4) is 0 Å². The zero-order chi connectivity index (χ0) is 16.4. The SMILES string of the molecule is CC[NH+](CC)CCNC(=O)CCNC(=O)c1ccc(Br)cc1. The van der Waals surface area contributed by atoms with Crippen molar-refractivity contribution < 1.29 is 14.5 Å². The number of likely N-dealkylation sites (N-methyl/N-ethyl adjacent to an activating group) is 1. The van der Waals surface area contributed by atoms with Crippen molar-refractivity contribution in [3.05, 3.63) is 34.3 Å². The van der Waals surface area contributed by atoms with E-state index in [4.69, 9.17) is 0 Å². The monoisotopic (exact) mass is 370 g/mol. The summed E-state index contributed by atoms with van der Waals surface area (Å²) >= 11 is 3.32. The van der Waals surface area contributed by atoms with Gasteiger partial charge in [-0.15, -0.1) is 0 Å². The molecule has 0 aliphatic rings. The lowest BCUT2D eigenvalue weighted by molar-refractivity contribution is -0.895. The minimum Gasteiger partial charge on any atom is -0.352 e. The second kappa shape index (κ2) is 10.3. The Morgan fingerprint density at radius 1 is 1.05 bits per heavy atom. The van der Waals surface area contributed by atoms with Crippen LogP contribution in [0.4, 0.5) is 0 Å². The Hall–Kier alpha value is -1.40. The third-order valence-electron chi connectivity index (χ3n) is 3.54. The third-order valence-corrected chi connectivity index (χ3v) is 4.07. The van der Waals surface area contributed by atoms with Crippen molar-refractivity contribution in [1.82, 2.24) is 10.6 Å². The van der Waals surface area contributed by atoms with E-state index in [0.29, 0.717) is 25.1 Å². The zero-order valence-corrected chi connectivity index (χ0v) is 14.8. The normalized spacial score (nSPS) is 10.5. The number of carbonyl (C=O) groups is 2. The summed E-state index contributed by atoms with van der Waals surface area (Å²) in [6.45, 7) is 8.36. The molecule has 122 valence electrons. The number of nitrogens with one attached hydrogen (secondary N) is 3. The number of quaternary nitrogens is 1. The van der Waals surface area contributed by atoms with Crippen LogP contribution in [0.1, 0.15) is 30.6 Å². The van der Waals surface area contributed by atoms with Gasteiger partial charge in [0, 0.05) is 23.0 Å². The van der Waals surface area contributed by atoms with Crippen molar-refractivity contribution in [2.75, 3.05) is 32.7 Å². The zero-order valence-electron chi connectivity index (χ0n) is 13.2. The molecule has 0 aliphatic carbocycles.